The van der Waals surface area contributed by atoms with E-state index in [-0.39, 0.29) is 6.04 Å². The summed E-state index contributed by atoms with van der Waals surface area (Å²) in [5, 5.41) is 1.74. The molecule has 1 aromatic rings. The molecular formula is C14H20BrNO3S. The largest absolute Gasteiger partial charge is 0.353 e. The molecule has 112 valence electrons. The molecule has 0 aromatic heterocycles. The molecule has 6 heteroatoms. The first-order valence-corrected chi connectivity index (χ1v) is 9.18. The van der Waals surface area contributed by atoms with Crippen molar-refractivity contribution < 1.29 is 13.2 Å². The van der Waals surface area contributed by atoms with Gasteiger partial charge >= 0.3 is 0 Å². The molecule has 1 aromatic carbocycles. The topological polar surface area (TPSA) is 63.2 Å². The Balaban J connectivity index is 2.46. The summed E-state index contributed by atoms with van der Waals surface area (Å²) in [5.74, 6) is -0.434. The Kier molecular flexibility index (Phi) is 6.20. The number of sulfone groups is 1. The number of hydrogen-bond donors (Lipinski definition) is 1. The van der Waals surface area contributed by atoms with Crippen LogP contribution in [0.25, 0.3) is 0 Å². The molecule has 2 atom stereocenters. The molecule has 4 nitrogen and oxygen atoms in total. The van der Waals surface area contributed by atoms with Crippen LogP contribution in [0, 0.1) is 0 Å². The SMILES string of the molecule is CC(CCc1ccc(Br)cc1)NC(=O)C(C)S(C)(=O)=O. The molecule has 0 fully saturated rings. The highest BCUT2D eigenvalue weighted by molar-refractivity contribution is 9.10. The van der Waals surface area contributed by atoms with E-state index in [9.17, 15) is 13.2 Å². The number of carbonyl (C=O) groups is 1. The smallest absolute Gasteiger partial charge is 0.238 e. The summed E-state index contributed by atoms with van der Waals surface area (Å²) in [6.07, 6.45) is 2.68. The third kappa shape index (κ3) is 5.63. The Bertz CT molecular complexity index is 554. The quantitative estimate of drug-likeness (QED) is 0.845. The molecule has 2 unspecified atom stereocenters. The minimum absolute atomic E-state index is 0.0599. The van der Waals surface area contributed by atoms with Gasteiger partial charge in [0.1, 0.15) is 5.25 Å². The molecule has 0 radical (unpaired) electrons. The van der Waals surface area contributed by atoms with E-state index in [1.54, 1.807) is 0 Å². The fourth-order valence-electron chi connectivity index (χ4n) is 1.66. The normalized spacial score (nSPS) is 14.6. The van der Waals surface area contributed by atoms with Crippen molar-refractivity contribution in [1.82, 2.24) is 5.32 Å². The molecular weight excluding hydrogens is 342 g/mol. The van der Waals surface area contributed by atoms with Gasteiger partial charge in [0.05, 0.1) is 0 Å². The first kappa shape index (κ1) is 17.2. The van der Waals surface area contributed by atoms with Crippen molar-refractivity contribution in [2.24, 2.45) is 0 Å². The minimum atomic E-state index is -3.34. The zero-order valence-corrected chi connectivity index (χ0v) is 14.3. The summed E-state index contributed by atoms with van der Waals surface area (Å²) in [6, 6.07) is 7.94. The Labute approximate surface area is 129 Å². The first-order chi connectivity index (χ1) is 9.20. The lowest BCUT2D eigenvalue weighted by atomic mass is 10.1. The molecule has 0 spiro atoms. The van der Waals surface area contributed by atoms with Gasteiger partial charge in [-0.05, 0) is 44.4 Å². The fraction of sp³-hybridized carbons (Fsp3) is 0.500. The third-order valence-electron chi connectivity index (χ3n) is 3.18. The van der Waals surface area contributed by atoms with Gasteiger partial charge in [0.25, 0.3) is 0 Å². The van der Waals surface area contributed by atoms with Crippen molar-refractivity contribution >= 4 is 31.7 Å². The Morgan fingerprint density at radius 2 is 1.80 bits per heavy atom. The lowest BCUT2D eigenvalue weighted by molar-refractivity contribution is -0.121. The minimum Gasteiger partial charge on any atom is -0.353 e. The number of hydrogen-bond acceptors (Lipinski definition) is 3. The third-order valence-corrected chi connectivity index (χ3v) is 5.21. The predicted octanol–water partition coefficient (Wildman–Crippen LogP) is 2.32. The zero-order chi connectivity index (χ0) is 15.3. The van der Waals surface area contributed by atoms with Crippen LogP contribution in [0.4, 0.5) is 0 Å². The van der Waals surface area contributed by atoms with E-state index in [0.29, 0.717) is 0 Å². The van der Waals surface area contributed by atoms with Crippen LogP contribution in [-0.2, 0) is 21.1 Å². The number of halogens is 1. The number of benzene rings is 1. The number of carbonyl (C=O) groups excluding carboxylic acids is 1. The average Bonchev–Trinajstić information content (AvgIpc) is 2.36. The van der Waals surface area contributed by atoms with Crippen LogP contribution in [0.3, 0.4) is 0 Å². The summed E-state index contributed by atoms with van der Waals surface area (Å²) in [5.41, 5.74) is 1.19. The summed E-state index contributed by atoms with van der Waals surface area (Å²) in [6.45, 7) is 3.29. The monoisotopic (exact) mass is 361 g/mol. The van der Waals surface area contributed by atoms with Gasteiger partial charge in [-0.25, -0.2) is 8.42 Å². The van der Waals surface area contributed by atoms with Crippen molar-refractivity contribution in [2.45, 2.75) is 38.0 Å². The van der Waals surface area contributed by atoms with Crippen molar-refractivity contribution in [3.63, 3.8) is 0 Å². The number of aryl methyl sites for hydroxylation is 1. The van der Waals surface area contributed by atoms with E-state index in [4.69, 9.17) is 0 Å². The van der Waals surface area contributed by atoms with Crippen molar-refractivity contribution in [2.75, 3.05) is 6.26 Å². The Hall–Kier alpha value is -0.880. The van der Waals surface area contributed by atoms with Crippen LogP contribution in [0.2, 0.25) is 0 Å². The predicted molar refractivity (Wildman–Crippen MR) is 84.4 cm³/mol. The van der Waals surface area contributed by atoms with Crippen LogP contribution >= 0.6 is 15.9 Å². The molecule has 1 amide bonds. The van der Waals surface area contributed by atoms with E-state index in [1.165, 1.54) is 12.5 Å². The maximum Gasteiger partial charge on any atom is 0.238 e. The number of rotatable bonds is 6. The van der Waals surface area contributed by atoms with Crippen molar-refractivity contribution in [3.8, 4) is 0 Å². The van der Waals surface area contributed by atoms with Crippen LogP contribution < -0.4 is 5.32 Å². The molecule has 0 aliphatic carbocycles. The van der Waals surface area contributed by atoms with Crippen molar-refractivity contribution in [3.05, 3.63) is 34.3 Å². The molecule has 0 bridgehead atoms. The lowest BCUT2D eigenvalue weighted by Gasteiger charge is -2.16. The van der Waals surface area contributed by atoms with E-state index in [1.807, 2.05) is 31.2 Å². The van der Waals surface area contributed by atoms with Crippen molar-refractivity contribution in [1.29, 1.82) is 0 Å². The Morgan fingerprint density at radius 3 is 2.30 bits per heavy atom. The van der Waals surface area contributed by atoms with Crippen LogP contribution in [-0.4, -0.2) is 31.9 Å². The summed E-state index contributed by atoms with van der Waals surface area (Å²) >= 11 is 3.38. The molecule has 0 saturated heterocycles. The molecule has 1 N–H and O–H groups in total. The van der Waals surface area contributed by atoms with Gasteiger partial charge in [-0.1, -0.05) is 28.1 Å². The molecule has 1 rings (SSSR count). The second-order valence-corrected chi connectivity index (χ2v) is 8.33. The summed E-state index contributed by atoms with van der Waals surface area (Å²) < 4.78 is 23.6. The first-order valence-electron chi connectivity index (χ1n) is 6.44. The van der Waals surface area contributed by atoms with Gasteiger partial charge in [0.15, 0.2) is 9.84 Å². The maximum atomic E-state index is 11.8. The van der Waals surface area contributed by atoms with Gasteiger partial charge in [-0.15, -0.1) is 0 Å². The van der Waals surface area contributed by atoms with Crippen LogP contribution in [0.15, 0.2) is 28.7 Å². The molecule has 0 aliphatic rings. The molecule has 20 heavy (non-hydrogen) atoms. The van der Waals surface area contributed by atoms with Gasteiger partial charge in [0.2, 0.25) is 5.91 Å². The highest BCUT2D eigenvalue weighted by Crippen LogP contribution is 2.12. The molecule has 0 aliphatic heterocycles. The van der Waals surface area contributed by atoms with E-state index < -0.39 is 21.0 Å². The van der Waals surface area contributed by atoms with E-state index >= 15 is 0 Å². The number of amides is 1. The van der Waals surface area contributed by atoms with E-state index in [2.05, 4.69) is 21.2 Å². The Morgan fingerprint density at radius 1 is 1.25 bits per heavy atom. The number of nitrogens with one attached hydrogen (secondary N) is 1. The second kappa shape index (κ2) is 7.22. The van der Waals surface area contributed by atoms with Crippen LogP contribution in [0.5, 0.6) is 0 Å². The van der Waals surface area contributed by atoms with Gasteiger partial charge in [-0.3, -0.25) is 4.79 Å². The standard InChI is InChI=1S/C14H20BrNO3S/c1-10(16-14(17)11(2)20(3,18)19)4-5-12-6-8-13(15)9-7-12/h6-11H,4-5H2,1-3H3,(H,16,17). The highest BCUT2D eigenvalue weighted by Gasteiger charge is 2.24. The van der Waals surface area contributed by atoms with Crippen LogP contribution in [0.1, 0.15) is 25.8 Å². The average molecular weight is 362 g/mol. The molecule has 0 saturated carbocycles. The fourth-order valence-corrected chi connectivity index (χ4v) is 2.38. The zero-order valence-electron chi connectivity index (χ0n) is 11.9. The highest BCUT2D eigenvalue weighted by atomic mass is 79.9. The maximum absolute atomic E-state index is 11.8. The van der Waals surface area contributed by atoms with E-state index in [0.717, 1.165) is 23.6 Å². The summed E-state index contributed by atoms with van der Waals surface area (Å²) in [4.78, 5) is 11.8. The van der Waals surface area contributed by atoms with Gasteiger partial charge < -0.3 is 5.32 Å². The molecule has 0 heterocycles. The van der Waals surface area contributed by atoms with Gasteiger partial charge in [-0.2, -0.15) is 0 Å². The summed E-state index contributed by atoms with van der Waals surface area (Å²) in [7, 11) is -3.34. The van der Waals surface area contributed by atoms with Gasteiger partial charge in [0, 0.05) is 16.8 Å². The lowest BCUT2D eigenvalue weighted by Crippen LogP contribution is -2.42. The second-order valence-electron chi connectivity index (χ2n) is 5.05.